The van der Waals surface area contributed by atoms with Crippen molar-refractivity contribution in [3.63, 3.8) is 0 Å². The Bertz CT molecular complexity index is 396. The van der Waals surface area contributed by atoms with Crippen LogP contribution in [0.3, 0.4) is 0 Å². The van der Waals surface area contributed by atoms with Crippen LogP contribution in [0.15, 0.2) is 0 Å². The fourth-order valence-electron chi connectivity index (χ4n) is 1.68. The van der Waals surface area contributed by atoms with Crippen LogP contribution in [0.4, 0.5) is 0 Å². The Labute approximate surface area is 95.0 Å². The smallest absolute Gasteiger partial charge is 0.291 e. The highest BCUT2D eigenvalue weighted by atomic mass is 16.2. The molecule has 1 atom stereocenters. The van der Waals surface area contributed by atoms with Gasteiger partial charge in [-0.05, 0) is 18.3 Å². The maximum absolute atomic E-state index is 11.7. The number of nitrogens with zero attached hydrogens (tertiary/aromatic N) is 2. The van der Waals surface area contributed by atoms with E-state index in [0.717, 1.165) is 25.1 Å². The van der Waals surface area contributed by atoms with Crippen molar-refractivity contribution in [1.82, 2.24) is 20.5 Å². The molecule has 0 aliphatic heterocycles. The molecule has 1 fully saturated rings. The second-order valence-corrected chi connectivity index (χ2v) is 5.07. The molecule has 1 amide bonds. The number of H-pyrrole nitrogens is 1. The SMILES string of the molecule is CCCc1nc(C(=O)NC2CC2(C)C)n[nH]1. The van der Waals surface area contributed by atoms with Gasteiger partial charge in [-0.2, -0.15) is 0 Å². The van der Waals surface area contributed by atoms with Gasteiger partial charge in [-0.3, -0.25) is 9.89 Å². The van der Waals surface area contributed by atoms with Gasteiger partial charge in [0.05, 0.1) is 0 Å². The summed E-state index contributed by atoms with van der Waals surface area (Å²) in [5, 5.41) is 9.63. The summed E-state index contributed by atoms with van der Waals surface area (Å²) < 4.78 is 0. The van der Waals surface area contributed by atoms with Gasteiger partial charge in [0.25, 0.3) is 5.91 Å². The lowest BCUT2D eigenvalue weighted by atomic mass is 10.2. The first-order chi connectivity index (χ1) is 7.53. The molecule has 1 heterocycles. The molecule has 0 saturated heterocycles. The van der Waals surface area contributed by atoms with Crippen molar-refractivity contribution in [1.29, 1.82) is 0 Å². The lowest BCUT2D eigenvalue weighted by molar-refractivity contribution is 0.0936. The molecule has 1 aromatic heterocycles. The number of nitrogens with one attached hydrogen (secondary N) is 2. The lowest BCUT2D eigenvalue weighted by Crippen LogP contribution is -2.29. The van der Waals surface area contributed by atoms with Crippen LogP contribution >= 0.6 is 0 Å². The Kier molecular flexibility index (Phi) is 2.69. The zero-order valence-corrected chi connectivity index (χ0v) is 10.0. The molecule has 1 aliphatic carbocycles. The van der Waals surface area contributed by atoms with Crippen LogP contribution in [-0.4, -0.2) is 27.1 Å². The molecule has 1 aliphatic rings. The summed E-state index contributed by atoms with van der Waals surface area (Å²) in [6, 6.07) is 0.271. The summed E-state index contributed by atoms with van der Waals surface area (Å²) in [7, 11) is 0. The maximum Gasteiger partial charge on any atom is 0.291 e. The lowest BCUT2D eigenvalue weighted by Gasteiger charge is -2.03. The van der Waals surface area contributed by atoms with E-state index in [1.165, 1.54) is 0 Å². The molecule has 0 bridgehead atoms. The highest BCUT2D eigenvalue weighted by Crippen LogP contribution is 2.44. The van der Waals surface area contributed by atoms with Crippen molar-refractivity contribution in [2.24, 2.45) is 5.41 Å². The van der Waals surface area contributed by atoms with Crippen molar-refractivity contribution in [3.8, 4) is 0 Å². The first-order valence-electron chi connectivity index (χ1n) is 5.75. The number of carbonyl (C=O) groups excluding carboxylic acids is 1. The molecular formula is C11H18N4O. The number of hydrogen-bond acceptors (Lipinski definition) is 3. The van der Waals surface area contributed by atoms with E-state index >= 15 is 0 Å². The van der Waals surface area contributed by atoms with Gasteiger partial charge in [0.1, 0.15) is 5.82 Å². The van der Waals surface area contributed by atoms with Gasteiger partial charge in [0.15, 0.2) is 0 Å². The summed E-state index contributed by atoms with van der Waals surface area (Å²) in [6.45, 7) is 6.34. The monoisotopic (exact) mass is 222 g/mol. The van der Waals surface area contributed by atoms with Gasteiger partial charge in [-0.15, -0.1) is 5.10 Å². The topological polar surface area (TPSA) is 70.7 Å². The standard InChI is InChI=1S/C11H18N4O/c1-4-5-8-13-9(15-14-8)10(16)12-7-6-11(7,2)3/h7H,4-6H2,1-3H3,(H,12,16)(H,13,14,15). The molecule has 5 heteroatoms. The molecule has 0 radical (unpaired) electrons. The van der Waals surface area contributed by atoms with Crippen LogP contribution in [0, 0.1) is 5.41 Å². The molecule has 0 spiro atoms. The second-order valence-electron chi connectivity index (χ2n) is 5.07. The summed E-state index contributed by atoms with van der Waals surface area (Å²) in [5.41, 5.74) is 0.234. The van der Waals surface area contributed by atoms with Crippen LogP contribution in [0.5, 0.6) is 0 Å². The van der Waals surface area contributed by atoms with Gasteiger partial charge in [-0.25, -0.2) is 4.98 Å². The van der Waals surface area contributed by atoms with E-state index < -0.39 is 0 Å². The van der Waals surface area contributed by atoms with Crippen molar-refractivity contribution >= 4 is 5.91 Å². The highest BCUT2D eigenvalue weighted by molar-refractivity contribution is 5.90. The van der Waals surface area contributed by atoms with Gasteiger partial charge in [0, 0.05) is 12.5 Å². The summed E-state index contributed by atoms with van der Waals surface area (Å²) in [4.78, 5) is 15.9. The first-order valence-corrected chi connectivity index (χ1v) is 5.75. The first kappa shape index (κ1) is 11.1. The number of amides is 1. The van der Waals surface area contributed by atoms with Crippen LogP contribution in [0.2, 0.25) is 0 Å². The summed E-state index contributed by atoms with van der Waals surface area (Å²) in [5.74, 6) is 0.864. The van der Waals surface area contributed by atoms with Crippen molar-refractivity contribution in [2.75, 3.05) is 0 Å². The van der Waals surface area contributed by atoms with E-state index in [-0.39, 0.29) is 23.2 Å². The minimum atomic E-state index is -0.172. The van der Waals surface area contributed by atoms with Gasteiger partial charge >= 0.3 is 0 Å². The minimum absolute atomic E-state index is 0.172. The molecule has 0 aromatic carbocycles. The Balaban J connectivity index is 1.93. The predicted molar refractivity (Wildman–Crippen MR) is 60.0 cm³/mol. The van der Waals surface area contributed by atoms with Crippen molar-refractivity contribution < 1.29 is 4.79 Å². The van der Waals surface area contributed by atoms with Gasteiger partial charge in [-0.1, -0.05) is 20.8 Å². The fraction of sp³-hybridized carbons (Fsp3) is 0.727. The number of aromatic amines is 1. The van der Waals surface area contributed by atoms with E-state index in [0.29, 0.717) is 0 Å². The minimum Gasteiger partial charge on any atom is -0.346 e. The van der Waals surface area contributed by atoms with Gasteiger partial charge in [0.2, 0.25) is 5.82 Å². The third-order valence-corrected chi connectivity index (χ3v) is 3.04. The normalized spacial score (nSPS) is 21.8. The zero-order chi connectivity index (χ0) is 11.8. The molecule has 2 N–H and O–H groups in total. The third kappa shape index (κ3) is 2.23. The second kappa shape index (κ2) is 3.88. The Hall–Kier alpha value is -1.39. The molecule has 5 nitrogen and oxygen atoms in total. The molecule has 88 valence electrons. The average molecular weight is 222 g/mol. The van der Waals surface area contributed by atoms with Crippen LogP contribution in [-0.2, 0) is 6.42 Å². The number of rotatable bonds is 4. The molecule has 16 heavy (non-hydrogen) atoms. The van der Waals surface area contributed by atoms with Crippen LogP contribution in [0.1, 0.15) is 50.1 Å². The van der Waals surface area contributed by atoms with Gasteiger partial charge < -0.3 is 5.32 Å². The molecule has 1 saturated carbocycles. The zero-order valence-electron chi connectivity index (χ0n) is 10.0. The van der Waals surface area contributed by atoms with Crippen molar-refractivity contribution in [3.05, 3.63) is 11.6 Å². The van der Waals surface area contributed by atoms with E-state index in [9.17, 15) is 4.79 Å². The Morgan fingerprint density at radius 3 is 2.88 bits per heavy atom. The van der Waals surface area contributed by atoms with E-state index in [2.05, 4.69) is 41.3 Å². The summed E-state index contributed by atoms with van der Waals surface area (Å²) in [6.07, 6.45) is 2.85. The number of carbonyl (C=O) groups is 1. The molecule has 2 rings (SSSR count). The third-order valence-electron chi connectivity index (χ3n) is 3.04. The fourth-order valence-corrected chi connectivity index (χ4v) is 1.68. The van der Waals surface area contributed by atoms with E-state index in [1.807, 2.05) is 0 Å². The van der Waals surface area contributed by atoms with Crippen LogP contribution in [0.25, 0.3) is 0 Å². The summed E-state index contributed by atoms with van der Waals surface area (Å²) >= 11 is 0. The molecule has 1 unspecified atom stereocenters. The Morgan fingerprint density at radius 1 is 1.62 bits per heavy atom. The van der Waals surface area contributed by atoms with E-state index in [1.54, 1.807) is 0 Å². The predicted octanol–water partition coefficient (Wildman–Crippen LogP) is 1.29. The van der Waals surface area contributed by atoms with E-state index in [4.69, 9.17) is 0 Å². The molecule has 1 aromatic rings. The Morgan fingerprint density at radius 2 is 2.31 bits per heavy atom. The maximum atomic E-state index is 11.7. The highest BCUT2D eigenvalue weighted by Gasteiger charge is 2.46. The number of aromatic nitrogens is 3. The quantitative estimate of drug-likeness (QED) is 0.806. The average Bonchev–Trinajstić information content (AvgIpc) is 2.66. The number of aryl methyl sites for hydroxylation is 1. The van der Waals surface area contributed by atoms with Crippen LogP contribution < -0.4 is 5.32 Å². The molecular weight excluding hydrogens is 204 g/mol. The number of hydrogen-bond donors (Lipinski definition) is 2. The van der Waals surface area contributed by atoms with Crippen molar-refractivity contribution in [2.45, 2.75) is 46.1 Å². The largest absolute Gasteiger partial charge is 0.346 e.